The van der Waals surface area contributed by atoms with Gasteiger partial charge in [-0.2, -0.15) is 0 Å². The normalized spacial score (nSPS) is 15.9. The van der Waals surface area contributed by atoms with E-state index in [9.17, 15) is 13.2 Å². The lowest BCUT2D eigenvalue weighted by Crippen LogP contribution is -2.42. The number of nitrogens with one attached hydrogen (secondary N) is 1. The third kappa shape index (κ3) is 5.79. The minimum atomic E-state index is -3.59. The van der Waals surface area contributed by atoms with Gasteiger partial charge in [-0.25, -0.2) is 8.42 Å². The summed E-state index contributed by atoms with van der Waals surface area (Å²) in [6.45, 7) is 10.8. The minimum absolute atomic E-state index is 0.0135. The SMILES string of the molecule is Cc1ccc(CS(=O)(=O)Nc2ccc3c(c2)OCC(C)(C)C(=O)N3CCC(C)C)cc1. The molecular weight excluding hydrogens is 412 g/mol. The van der Waals surface area contributed by atoms with Gasteiger partial charge in [-0.1, -0.05) is 43.7 Å². The second-order valence-corrected chi connectivity index (χ2v) is 11.1. The van der Waals surface area contributed by atoms with Gasteiger partial charge in [-0.05, 0) is 50.8 Å². The van der Waals surface area contributed by atoms with E-state index in [0.717, 1.165) is 17.5 Å². The van der Waals surface area contributed by atoms with Gasteiger partial charge in [0.05, 0.1) is 22.5 Å². The molecule has 7 heteroatoms. The van der Waals surface area contributed by atoms with Gasteiger partial charge >= 0.3 is 0 Å². The molecule has 0 atom stereocenters. The summed E-state index contributed by atoms with van der Waals surface area (Å²) < 4.78 is 33.9. The van der Waals surface area contributed by atoms with Crippen molar-refractivity contribution in [3.63, 3.8) is 0 Å². The first-order chi connectivity index (χ1) is 14.5. The van der Waals surface area contributed by atoms with E-state index in [0.29, 0.717) is 29.6 Å². The van der Waals surface area contributed by atoms with Crippen molar-refractivity contribution in [2.75, 3.05) is 22.8 Å². The number of sulfonamides is 1. The molecule has 0 saturated heterocycles. The Morgan fingerprint density at radius 3 is 2.45 bits per heavy atom. The zero-order chi connectivity index (χ0) is 22.8. The Balaban J connectivity index is 1.85. The fraction of sp³-hybridized carbons (Fsp3) is 0.458. The molecule has 0 unspecified atom stereocenters. The minimum Gasteiger partial charge on any atom is -0.490 e. The maximum atomic E-state index is 13.1. The van der Waals surface area contributed by atoms with Crippen LogP contribution in [0.4, 0.5) is 11.4 Å². The van der Waals surface area contributed by atoms with E-state index in [2.05, 4.69) is 18.6 Å². The zero-order valence-corrected chi connectivity index (χ0v) is 19.8. The van der Waals surface area contributed by atoms with Crippen LogP contribution < -0.4 is 14.4 Å². The molecule has 1 aliphatic rings. The first-order valence-electron chi connectivity index (χ1n) is 10.6. The fourth-order valence-electron chi connectivity index (χ4n) is 3.44. The van der Waals surface area contributed by atoms with Gasteiger partial charge < -0.3 is 9.64 Å². The summed E-state index contributed by atoms with van der Waals surface area (Å²) in [5.74, 6) is 0.867. The van der Waals surface area contributed by atoms with E-state index in [1.165, 1.54) is 0 Å². The molecule has 0 bridgehead atoms. The molecule has 2 aromatic rings. The van der Waals surface area contributed by atoms with Crippen LogP contribution in [0, 0.1) is 18.3 Å². The third-order valence-electron chi connectivity index (χ3n) is 5.34. The van der Waals surface area contributed by atoms with E-state index < -0.39 is 15.4 Å². The van der Waals surface area contributed by atoms with Crippen LogP contribution in [0.5, 0.6) is 5.75 Å². The smallest absolute Gasteiger partial charge is 0.236 e. The number of anilines is 2. The van der Waals surface area contributed by atoms with Crippen LogP contribution in [0.15, 0.2) is 42.5 Å². The lowest BCUT2D eigenvalue weighted by atomic mass is 9.92. The van der Waals surface area contributed by atoms with E-state index in [1.807, 2.05) is 45.0 Å². The average Bonchev–Trinajstić information content (AvgIpc) is 2.77. The topological polar surface area (TPSA) is 75.7 Å². The van der Waals surface area contributed by atoms with E-state index in [1.54, 1.807) is 23.1 Å². The van der Waals surface area contributed by atoms with Crippen molar-refractivity contribution in [1.82, 2.24) is 0 Å². The first-order valence-corrected chi connectivity index (χ1v) is 12.3. The Morgan fingerprint density at radius 2 is 1.81 bits per heavy atom. The lowest BCUT2D eigenvalue weighted by Gasteiger charge is -2.28. The Kier molecular flexibility index (Phi) is 6.65. The van der Waals surface area contributed by atoms with Crippen LogP contribution in [0.2, 0.25) is 0 Å². The molecule has 3 rings (SSSR count). The van der Waals surface area contributed by atoms with Crippen molar-refractivity contribution < 1.29 is 17.9 Å². The molecular formula is C24H32N2O4S. The number of hydrogen-bond acceptors (Lipinski definition) is 4. The number of carbonyl (C=O) groups is 1. The number of hydrogen-bond donors (Lipinski definition) is 1. The van der Waals surface area contributed by atoms with Crippen LogP contribution in [-0.2, 0) is 20.6 Å². The van der Waals surface area contributed by atoms with Crippen molar-refractivity contribution >= 4 is 27.3 Å². The summed E-state index contributed by atoms with van der Waals surface area (Å²) >= 11 is 0. The van der Waals surface area contributed by atoms with Crippen molar-refractivity contribution in [2.45, 2.75) is 46.8 Å². The monoisotopic (exact) mass is 444 g/mol. The number of amides is 1. The van der Waals surface area contributed by atoms with Crippen LogP contribution in [0.25, 0.3) is 0 Å². The average molecular weight is 445 g/mol. The molecule has 0 aromatic heterocycles. The largest absolute Gasteiger partial charge is 0.490 e. The van der Waals surface area contributed by atoms with Crippen LogP contribution in [0.1, 0.15) is 45.2 Å². The molecule has 1 N–H and O–H groups in total. The molecule has 0 spiro atoms. The predicted octanol–water partition coefficient (Wildman–Crippen LogP) is 4.73. The number of nitrogens with zero attached hydrogens (tertiary/aromatic N) is 1. The van der Waals surface area contributed by atoms with E-state index >= 15 is 0 Å². The van der Waals surface area contributed by atoms with Gasteiger partial charge in [-0.3, -0.25) is 9.52 Å². The molecule has 6 nitrogen and oxygen atoms in total. The highest BCUT2D eigenvalue weighted by molar-refractivity contribution is 7.91. The number of fused-ring (bicyclic) bond motifs is 1. The third-order valence-corrected chi connectivity index (χ3v) is 6.60. The fourth-order valence-corrected chi connectivity index (χ4v) is 4.63. The number of aryl methyl sites for hydroxylation is 1. The van der Waals surface area contributed by atoms with Crippen molar-refractivity contribution in [2.24, 2.45) is 11.3 Å². The maximum Gasteiger partial charge on any atom is 0.236 e. The molecule has 1 heterocycles. The van der Waals surface area contributed by atoms with E-state index in [4.69, 9.17) is 4.74 Å². The second-order valence-electron chi connectivity index (χ2n) is 9.34. The predicted molar refractivity (Wildman–Crippen MR) is 125 cm³/mol. The summed E-state index contributed by atoms with van der Waals surface area (Å²) in [6.07, 6.45) is 0.867. The van der Waals surface area contributed by atoms with Gasteiger partial charge in [0.1, 0.15) is 12.4 Å². The van der Waals surface area contributed by atoms with Gasteiger partial charge in [0.25, 0.3) is 0 Å². The molecule has 2 aromatic carbocycles. The highest BCUT2D eigenvalue weighted by atomic mass is 32.2. The summed E-state index contributed by atoms with van der Waals surface area (Å²) in [5, 5.41) is 0. The first kappa shape index (κ1) is 23.1. The number of carbonyl (C=O) groups excluding carboxylic acids is 1. The molecule has 1 amide bonds. The Bertz CT molecular complexity index is 1040. The molecule has 0 radical (unpaired) electrons. The molecule has 0 aliphatic carbocycles. The van der Waals surface area contributed by atoms with E-state index in [-0.39, 0.29) is 18.3 Å². The Hall–Kier alpha value is -2.54. The molecule has 1 aliphatic heterocycles. The van der Waals surface area contributed by atoms with Crippen LogP contribution in [-0.4, -0.2) is 27.5 Å². The quantitative estimate of drug-likeness (QED) is 0.670. The number of benzene rings is 2. The van der Waals surface area contributed by atoms with Crippen LogP contribution in [0.3, 0.4) is 0 Å². The molecule has 168 valence electrons. The standard InChI is InChI=1S/C24H32N2O4S/c1-17(2)12-13-26-21-11-10-20(14-22(21)30-16-24(4,5)23(26)27)25-31(28,29)15-19-8-6-18(3)7-9-19/h6-11,14,17,25H,12-13,15-16H2,1-5H3. The van der Waals surface area contributed by atoms with Gasteiger partial charge in [0, 0.05) is 12.6 Å². The zero-order valence-electron chi connectivity index (χ0n) is 18.9. The maximum absolute atomic E-state index is 13.1. The number of ether oxygens (including phenoxy) is 1. The highest BCUT2D eigenvalue weighted by Gasteiger charge is 2.37. The van der Waals surface area contributed by atoms with Crippen molar-refractivity contribution in [3.8, 4) is 5.75 Å². The van der Waals surface area contributed by atoms with Gasteiger partial charge in [-0.15, -0.1) is 0 Å². The summed E-state index contributed by atoms with van der Waals surface area (Å²) in [5.41, 5.74) is 2.23. The summed E-state index contributed by atoms with van der Waals surface area (Å²) in [4.78, 5) is 14.9. The second kappa shape index (κ2) is 8.91. The molecule has 0 saturated carbocycles. The number of rotatable bonds is 7. The summed E-state index contributed by atoms with van der Waals surface area (Å²) in [7, 11) is -3.59. The Labute approximate surface area is 185 Å². The van der Waals surface area contributed by atoms with Gasteiger partial charge in [0.2, 0.25) is 15.9 Å². The van der Waals surface area contributed by atoms with Gasteiger partial charge in [0.15, 0.2) is 0 Å². The molecule has 0 fully saturated rings. The summed E-state index contributed by atoms with van der Waals surface area (Å²) in [6, 6.07) is 12.5. The Morgan fingerprint density at radius 1 is 1.13 bits per heavy atom. The highest BCUT2D eigenvalue weighted by Crippen LogP contribution is 2.38. The molecule has 31 heavy (non-hydrogen) atoms. The van der Waals surface area contributed by atoms with Crippen molar-refractivity contribution in [1.29, 1.82) is 0 Å². The van der Waals surface area contributed by atoms with Crippen molar-refractivity contribution in [3.05, 3.63) is 53.6 Å². The lowest BCUT2D eigenvalue weighted by molar-refractivity contribution is -0.127. The van der Waals surface area contributed by atoms with Crippen LogP contribution >= 0.6 is 0 Å².